The quantitative estimate of drug-likeness (QED) is 0.886. The van der Waals surface area contributed by atoms with E-state index in [1.807, 2.05) is 25.1 Å². The summed E-state index contributed by atoms with van der Waals surface area (Å²) in [5, 5.41) is 7.37. The molecule has 0 atom stereocenters. The average Bonchev–Trinajstić information content (AvgIpc) is 2.48. The van der Waals surface area contributed by atoms with Crippen LogP contribution in [0.3, 0.4) is 0 Å². The largest absolute Gasteiger partial charge is 0.496 e. The predicted octanol–water partition coefficient (Wildman–Crippen LogP) is 2.43. The number of ether oxygens (including phenoxy) is 1. The van der Waals surface area contributed by atoms with Crippen LogP contribution in [0.15, 0.2) is 35.3 Å². The second-order valence-electron chi connectivity index (χ2n) is 4.98. The molecule has 0 aliphatic rings. The maximum absolute atomic E-state index is 12.1. The van der Waals surface area contributed by atoms with Gasteiger partial charge in [-0.25, -0.2) is 4.68 Å². The maximum Gasteiger partial charge on any atom is 0.269 e. The molecule has 0 amide bonds. The highest BCUT2D eigenvalue weighted by Gasteiger charge is 2.07. The first-order valence-corrected chi connectivity index (χ1v) is 7.08. The van der Waals surface area contributed by atoms with Crippen molar-refractivity contribution in [3.8, 4) is 5.75 Å². The van der Waals surface area contributed by atoms with E-state index in [4.69, 9.17) is 4.74 Å². The summed E-state index contributed by atoms with van der Waals surface area (Å²) >= 11 is 0. The zero-order valence-electron chi connectivity index (χ0n) is 12.7. The molecule has 21 heavy (non-hydrogen) atoms. The average molecular weight is 287 g/mol. The van der Waals surface area contributed by atoms with Gasteiger partial charge in [-0.1, -0.05) is 24.6 Å². The Labute approximate surface area is 124 Å². The number of aromatic nitrogens is 2. The molecule has 0 aliphatic carbocycles. The van der Waals surface area contributed by atoms with Crippen LogP contribution in [0.1, 0.15) is 24.5 Å². The first-order valence-electron chi connectivity index (χ1n) is 7.08. The van der Waals surface area contributed by atoms with Gasteiger partial charge in [0.25, 0.3) is 5.56 Å². The number of nitrogens with one attached hydrogen (secondary N) is 1. The van der Waals surface area contributed by atoms with E-state index in [1.54, 1.807) is 19.4 Å². The van der Waals surface area contributed by atoms with Gasteiger partial charge in [-0.15, -0.1) is 0 Å². The van der Waals surface area contributed by atoms with Crippen molar-refractivity contribution >= 4 is 5.69 Å². The second kappa shape index (κ2) is 6.92. The summed E-state index contributed by atoms with van der Waals surface area (Å²) in [6.45, 7) is 5.32. The van der Waals surface area contributed by atoms with Gasteiger partial charge in [0, 0.05) is 18.2 Å². The zero-order valence-corrected chi connectivity index (χ0v) is 12.7. The van der Waals surface area contributed by atoms with E-state index in [-0.39, 0.29) is 5.56 Å². The van der Waals surface area contributed by atoms with Gasteiger partial charge >= 0.3 is 0 Å². The molecule has 0 radical (unpaired) electrons. The molecule has 112 valence electrons. The van der Waals surface area contributed by atoms with Crippen LogP contribution in [0.4, 0.5) is 5.69 Å². The lowest BCUT2D eigenvalue weighted by Gasteiger charge is -2.11. The molecule has 1 N–H and O–H groups in total. The molecule has 0 unspecified atom stereocenters. The fourth-order valence-electron chi connectivity index (χ4n) is 2.11. The van der Waals surface area contributed by atoms with E-state index >= 15 is 0 Å². The van der Waals surface area contributed by atoms with Crippen molar-refractivity contribution in [2.24, 2.45) is 0 Å². The van der Waals surface area contributed by atoms with Crippen molar-refractivity contribution in [3.05, 3.63) is 51.9 Å². The normalized spacial score (nSPS) is 10.4. The molecule has 0 fully saturated rings. The summed E-state index contributed by atoms with van der Waals surface area (Å²) in [5.41, 5.74) is 2.70. The van der Waals surface area contributed by atoms with Gasteiger partial charge in [-0.3, -0.25) is 4.79 Å². The molecule has 0 bridgehead atoms. The lowest BCUT2D eigenvalue weighted by molar-refractivity contribution is 0.406. The lowest BCUT2D eigenvalue weighted by atomic mass is 10.1. The fourth-order valence-corrected chi connectivity index (χ4v) is 2.11. The van der Waals surface area contributed by atoms with Crippen molar-refractivity contribution in [2.45, 2.75) is 26.8 Å². The molecule has 1 aromatic carbocycles. The highest BCUT2D eigenvalue weighted by molar-refractivity contribution is 5.39. The Morgan fingerprint density at radius 2 is 2.14 bits per heavy atom. The number of methoxy groups -OCH3 is 1. The molecule has 5 nitrogen and oxygen atoms in total. The number of hydrogen-bond acceptors (Lipinski definition) is 4. The first-order chi connectivity index (χ1) is 10.1. The minimum absolute atomic E-state index is 0.125. The van der Waals surface area contributed by atoms with Crippen LogP contribution in [-0.4, -0.2) is 23.4 Å². The Kier molecular flexibility index (Phi) is 4.98. The number of aryl methyl sites for hydroxylation is 1. The molecular weight excluding hydrogens is 266 g/mol. The zero-order chi connectivity index (χ0) is 15.2. The summed E-state index contributed by atoms with van der Waals surface area (Å²) in [6, 6.07) is 7.48. The van der Waals surface area contributed by atoms with Crippen molar-refractivity contribution in [1.82, 2.24) is 9.78 Å². The van der Waals surface area contributed by atoms with Crippen molar-refractivity contribution in [2.75, 3.05) is 19.0 Å². The highest BCUT2D eigenvalue weighted by Crippen LogP contribution is 2.20. The van der Waals surface area contributed by atoms with Gasteiger partial charge in [0.15, 0.2) is 0 Å². The summed E-state index contributed by atoms with van der Waals surface area (Å²) in [6.07, 6.45) is 2.68. The summed E-state index contributed by atoms with van der Waals surface area (Å²) in [4.78, 5) is 12.1. The van der Waals surface area contributed by atoms with Gasteiger partial charge in [0.2, 0.25) is 0 Å². The third-order valence-corrected chi connectivity index (χ3v) is 3.20. The van der Waals surface area contributed by atoms with E-state index in [0.29, 0.717) is 6.54 Å². The number of hydrogen-bond donors (Lipinski definition) is 1. The minimum Gasteiger partial charge on any atom is -0.496 e. The van der Waals surface area contributed by atoms with E-state index < -0.39 is 0 Å². The summed E-state index contributed by atoms with van der Waals surface area (Å²) in [7, 11) is 1.63. The van der Waals surface area contributed by atoms with Crippen LogP contribution >= 0.6 is 0 Å². The van der Waals surface area contributed by atoms with Crippen LogP contribution in [0.2, 0.25) is 0 Å². The molecule has 0 saturated heterocycles. The van der Waals surface area contributed by atoms with E-state index in [2.05, 4.69) is 17.3 Å². The van der Waals surface area contributed by atoms with Crippen LogP contribution in [-0.2, 0) is 6.54 Å². The molecule has 2 aromatic rings. The first kappa shape index (κ1) is 15.1. The van der Waals surface area contributed by atoms with Crippen molar-refractivity contribution in [1.29, 1.82) is 0 Å². The predicted molar refractivity (Wildman–Crippen MR) is 84.1 cm³/mol. The molecule has 0 aliphatic heterocycles. The van der Waals surface area contributed by atoms with Gasteiger partial charge in [0.1, 0.15) is 5.75 Å². The maximum atomic E-state index is 12.1. The third kappa shape index (κ3) is 3.84. The molecular formula is C16H21N3O2. The molecule has 1 aromatic heterocycles. The Bertz CT molecular complexity index is 665. The SMILES string of the molecule is CCCNc1cnn(Cc2cc(C)ccc2OC)c(=O)c1. The van der Waals surface area contributed by atoms with E-state index in [0.717, 1.165) is 35.5 Å². The molecule has 0 saturated carbocycles. The number of nitrogens with zero attached hydrogens (tertiary/aromatic N) is 2. The lowest BCUT2D eigenvalue weighted by Crippen LogP contribution is -2.23. The Balaban J connectivity index is 2.24. The second-order valence-corrected chi connectivity index (χ2v) is 4.98. The minimum atomic E-state index is -0.125. The van der Waals surface area contributed by atoms with E-state index in [9.17, 15) is 4.79 Å². The molecule has 1 heterocycles. The number of anilines is 1. The van der Waals surface area contributed by atoms with Crippen LogP contribution in [0, 0.1) is 6.92 Å². The Hall–Kier alpha value is -2.30. The highest BCUT2D eigenvalue weighted by atomic mass is 16.5. The van der Waals surface area contributed by atoms with Crippen LogP contribution in [0.5, 0.6) is 5.75 Å². The van der Waals surface area contributed by atoms with Crippen LogP contribution in [0.25, 0.3) is 0 Å². The third-order valence-electron chi connectivity index (χ3n) is 3.20. The van der Waals surface area contributed by atoms with Gasteiger partial charge in [-0.2, -0.15) is 5.10 Å². The Morgan fingerprint density at radius 1 is 1.33 bits per heavy atom. The van der Waals surface area contributed by atoms with Crippen LogP contribution < -0.4 is 15.6 Å². The summed E-state index contributed by atoms with van der Waals surface area (Å²) in [5.74, 6) is 0.766. The topological polar surface area (TPSA) is 56.1 Å². The molecule has 0 spiro atoms. The fraction of sp³-hybridized carbons (Fsp3) is 0.375. The smallest absolute Gasteiger partial charge is 0.269 e. The summed E-state index contributed by atoms with van der Waals surface area (Å²) < 4.78 is 6.77. The van der Waals surface area contributed by atoms with Gasteiger partial charge in [0.05, 0.1) is 25.5 Å². The van der Waals surface area contributed by atoms with Crippen molar-refractivity contribution in [3.63, 3.8) is 0 Å². The standard InChI is InChI=1S/C16H21N3O2/c1-4-7-17-14-9-16(20)19(18-10-14)11-13-8-12(2)5-6-15(13)21-3/h5-6,8-10,17H,4,7,11H2,1-3H3. The van der Waals surface area contributed by atoms with E-state index in [1.165, 1.54) is 4.68 Å². The monoisotopic (exact) mass is 287 g/mol. The van der Waals surface area contributed by atoms with Gasteiger partial charge in [-0.05, 0) is 19.4 Å². The molecule has 5 heteroatoms. The van der Waals surface area contributed by atoms with Crippen molar-refractivity contribution < 1.29 is 4.74 Å². The molecule has 2 rings (SSSR count). The number of rotatable bonds is 6. The Morgan fingerprint density at radius 3 is 2.81 bits per heavy atom. The van der Waals surface area contributed by atoms with Gasteiger partial charge < -0.3 is 10.1 Å². The number of benzene rings is 1.